The molecule has 116 valence electrons. The average Bonchev–Trinajstić information content (AvgIpc) is 3.03. The number of hydrogen-bond acceptors (Lipinski definition) is 4. The molecule has 0 bridgehead atoms. The fourth-order valence-electron chi connectivity index (χ4n) is 2.12. The SMILES string of the molecule is CC(C)(C)C(NC(=O)OC1CC1CCCCO)C(=O)O. The van der Waals surface area contributed by atoms with Crippen molar-refractivity contribution in [3.63, 3.8) is 0 Å². The van der Waals surface area contributed by atoms with E-state index in [1.165, 1.54) is 0 Å². The van der Waals surface area contributed by atoms with Crippen LogP contribution in [-0.4, -0.2) is 41.0 Å². The van der Waals surface area contributed by atoms with Crippen molar-refractivity contribution in [2.24, 2.45) is 11.3 Å². The number of ether oxygens (including phenoxy) is 1. The maximum absolute atomic E-state index is 11.7. The van der Waals surface area contributed by atoms with Crippen LogP contribution >= 0.6 is 0 Å². The van der Waals surface area contributed by atoms with Crippen LogP contribution < -0.4 is 5.32 Å². The molecule has 1 fully saturated rings. The maximum Gasteiger partial charge on any atom is 0.408 e. The predicted molar refractivity (Wildman–Crippen MR) is 73.3 cm³/mol. The largest absolute Gasteiger partial charge is 0.480 e. The number of amides is 1. The quantitative estimate of drug-likeness (QED) is 0.620. The molecule has 0 saturated heterocycles. The van der Waals surface area contributed by atoms with Gasteiger partial charge in [-0.25, -0.2) is 9.59 Å². The van der Waals surface area contributed by atoms with Gasteiger partial charge in [-0.3, -0.25) is 0 Å². The summed E-state index contributed by atoms with van der Waals surface area (Å²) in [5.74, 6) is -0.713. The molecule has 6 nitrogen and oxygen atoms in total. The van der Waals surface area contributed by atoms with Crippen LogP contribution in [0.2, 0.25) is 0 Å². The molecule has 0 aromatic rings. The van der Waals surface area contributed by atoms with Gasteiger partial charge in [0.25, 0.3) is 0 Å². The van der Waals surface area contributed by atoms with Crippen LogP contribution in [0.15, 0.2) is 0 Å². The average molecular weight is 287 g/mol. The predicted octanol–water partition coefficient (Wildman–Crippen LogP) is 1.76. The molecule has 0 aromatic heterocycles. The monoisotopic (exact) mass is 287 g/mol. The summed E-state index contributed by atoms with van der Waals surface area (Å²) < 4.78 is 5.20. The molecule has 1 aliphatic carbocycles. The second-order valence-corrected chi connectivity index (χ2v) is 6.44. The van der Waals surface area contributed by atoms with Gasteiger partial charge >= 0.3 is 12.1 Å². The van der Waals surface area contributed by atoms with Crippen molar-refractivity contribution in [1.29, 1.82) is 0 Å². The highest BCUT2D eigenvalue weighted by Crippen LogP contribution is 2.38. The van der Waals surface area contributed by atoms with Crippen molar-refractivity contribution >= 4 is 12.1 Å². The summed E-state index contributed by atoms with van der Waals surface area (Å²) >= 11 is 0. The first-order valence-electron chi connectivity index (χ1n) is 7.06. The van der Waals surface area contributed by atoms with Crippen LogP contribution in [0.4, 0.5) is 4.79 Å². The minimum Gasteiger partial charge on any atom is -0.480 e. The van der Waals surface area contributed by atoms with Crippen LogP contribution in [0.25, 0.3) is 0 Å². The van der Waals surface area contributed by atoms with Gasteiger partial charge in [-0.1, -0.05) is 27.2 Å². The molecule has 1 amide bonds. The standard InChI is InChI=1S/C14H25NO5/c1-14(2,3)11(12(17)18)15-13(19)20-10-8-9(10)6-4-5-7-16/h9-11,16H,4-8H2,1-3H3,(H,15,19)(H,17,18). The molecule has 20 heavy (non-hydrogen) atoms. The number of carbonyl (C=O) groups excluding carboxylic acids is 1. The molecule has 1 saturated carbocycles. The molecule has 3 N–H and O–H groups in total. The summed E-state index contributed by atoms with van der Waals surface area (Å²) in [5, 5.41) is 20.2. The first-order valence-corrected chi connectivity index (χ1v) is 7.06. The number of aliphatic hydroxyl groups is 1. The molecule has 0 aromatic carbocycles. The molecule has 3 atom stereocenters. The van der Waals surface area contributed by atoms with E-state index in [1.54, 1.807) is 20.8 Å². The summed E-state index contributed by atoms with van der Waals surface area (Å²) in [6, 6.07) is -0.971. The van der Waals surface area contributed by atoms with Crippen LogP contribution in [0.1, 0.15) is 46.5 Å². The third-order valence-corrected chi connectivity index (χ3v) is 3.47. The van der Waals surface area contributed by atoms with Crippen molar-refractivity contribution in [1.82, 2.24) is 5.32 Å². The van der Waals surface area contributed by atoms with E-state index in [0.29, 0.717) is 5.92 Å². The third-order valence-electron chi connectivity index (χ3n) is 3.47. The molecular formula is C14H25NO5. The molecule has 1 rings (SSSR count). The molecule has 0 spiro atoms. The van der Waals surface area contributed by atoms with E-state index in [2.05, 4.69) is 5.32 Å². The number of carboxylic acid groups (broad SMARTS) is 1. The lowest BCUT2D eigenvalue weighted by Gasteiger charge is -2.27. The second kappa shape index (κ2) is 6.92. The molecule has 0 radical (unpaired) electrons. The van der Waals surface area contributed by atoms with Crippen molar-refractivity contribution in [2.75, 3.05) is 6.61 Å². The van der Waals surface area contributed by atoms with Gasteiger partial charge in [0.15, 0.2) is 0 Å². The van der Waals surface area contributed by atoms with E-state index < -0.39 is 23.5 Å². The van der Waals surface area contributed by atoms with Crippen LogP contribution in [0, 0.1) is 11.3 Å². The fraction of sp³-hybridized carbons (Fsp3) is 0.857. The Labute approximate surface area is 119 Å². The van der Waals surface area contributed by atoms with Crippen LogP contribution in [0.5, 0.6) is 0 Å². The van der Waals surface area contributed by atoms with Crippen LogP contribution in [0.3, 0.4) is 0 Å². The Hall–Kier alpha value is -1.30. The Bertz CT molecular complexity index is 350. The number of nitrogens with one attached hydrogen (secondary N) is 1. The van der Waals surface area contributed by atoms with Crippen LogP contribution in [-0.2, 0) is 9.53 Å². The van der Waals surface area contributed by atoms with Crippen molar-refractivity contribution < 1.29 is 24.5 Å². The highest BCUT2D eigenvalue weighted by atomic mass is 16.6. The number of aliphatic carboxylic acids is 1. The molecular weight excluding hydrogens is 262 g/mol. The first-order chi connectivity index (χ1) is 9.25. The number of hydrogen-bond donors (Lipinski definition) is 3. The highest BCUT2D eigenvalue weighted by Gasteiger charge is 2.41. The van der Waals surface area contributed by atoms with Gasteiger partial charge in [-0.15, -0.1) is 0 Å². The van der Waals surface area contributed by atoms with Gasteiger partial charge in [0, 0.05) is 6.61 Å². The number of alkyl carbamates (subject to hydrolysis) is 1. The van der Waals surface area contributed by atoms with Gasteiger partial charge in [-0.2, -0.15) is 0 Å². The lowest BCUT2D eigenvalue weighted by Crippen LogP contribution is -2.49. The lowest BCUT2D eigenvalue weighted by atomic mass is 9.87. The minimum atomic E-state index is -1.07. The second-order valence-electron chi connectivity index (χ2n) is 6.44. The number of unbranched alkanes of at least 4 members (excludes halogenated alkanes) is 1. The Kier molecular flexibility index (Phi) is 5.80. The van der Waals surface area contributed by atoms with Crippen molar-refractivity contribution in [2.45, 2.75) is 58.6 Å². The highest BCUT2D eigenvalue weighted by molar-refractivity contribution is 5.80. The Morgan fingerprint density at radius 3 is 2.50 bits per heavy atom. The van der Waals surface area contributed by atoms with Gasteiger partial charge in [0.05, 0.1) is 0 Å². The summed E-state index contributed by atoms with van der Waals surface area (Å²) in [4.78, 5) is 22.8. The Morgan fingerprint density at radius 1 is 1.35 bits per heavy atom. The van der Waals surface area contributed by atoms with E-state index in [4.69, 9.17) is 14.9 Å². The molecule has 6 heteroatoms. The van der Waals surface area contributed by atoms with E-state index in [9.17, 15) is 9.59 Å². The topological polar surface area (TPSA) is 95.9 Å². The number of carbonyl (C=O) groups is 2. The van der Waals surface area contributed by atoms with Crippen molar-refractivity contribution in [3.8, 4) is 0 Å². The Morgan fingerprint density at radius 2 is 2.00 bits per heavy atom. The van der Waals surface area contributed by atoms with E-state index >= 15 is 0 Å². The first kappa shape index (κ1) is 16.8. The zero-order valence-electron chi connectivity index (χ0n) is 12.4. The number of rotatable bonds is 7. The number of aliphatic hydroxyl groups excluding tert-OH is 1. The summed E-state index contributed by atoms with van der Waals surface area (Å²) in [5.41, 5.74) is -0.574. The number of carboxylic acids is 1. The van der Waals surface area contributed by atoms with Gasteiger partial charge in [0.2, 0.25) is 0 Å². The fourth-order valence-corrected chi connectivity index (χ4v) is 2.12. The molecule has 0 heterocycles. The minimum absolute atomic E-state index is 0.108. The maximum atomic E-state index is 11.7. The van der Waals surface area contributed by atoms with E-state index in [-0.39, 0.29) is 12.7 Å². The van der Waals surface area contributed by atoms with E-state index in [1.807, 2.05) is 0 Å². The smallest absolute Gasteiger partial charge is 0.408 e. The van der Waals surface area contributed by atoms with Gasteiger partial charge in [0.1, 0.15) is 12.1 Å². The zero-order chi connectivity index (χ0) is 15.3. The van der Waals surface area contributed by atoms with E-state index in [0.717, 1.165) is 25.7 Å². The van der Waals surface area contributed by atoms with Gasteiger partial charge < -0.3 is 20.3 Å². The zero-order valence-corrected chi connectivity index (χ0v) is 12.4. The summed E-state index contributed by atoms with van der Waals surface area (Å²) in [6.45, 7) is 5.44. The lowest BCUT2D eigenvalue weighted by molar-refractivity contribution is -0.142. The van der Waals surface area contributed by atoms with Crippen molar-refractivity contribution in [3.05, 3.63) is 0 Å². The molecule has 0 aliphatic heterocycles. The van der Waals surface area contributed by atoms with Gasteiger partial charge in [-0.05, 0) is 30.6 Å². The summed E-state index contributed by atoms with van der Waals surface area (Å²) in [7, 11) is 0. The molecule has 1 aliphatic rings. The normalized spacial score (nSPS) is 23.0. The Balaban J connectivity index is 2.32. The third kappa shape index (κ3) is 5.36. The molecule has 3 unspecified atom stereocenters. The summed E-state index contributed by atoms with van der Waals surface area (Å²) in [6.07, 6.45) is 2.67.